The van der Waals surface area contributed by atoms with E-state index in [-0.39, 0.29) is 0 Å². The number of nitrogens with zero attached hydrogens (tertiary/aromatic N) is 1. The third-order valence-corrected chi connectivity index (χ3v) is 2.07. The van der Waals surface area contributed by atoms with Gasteiger partial charge in [0, 0.05) is 11.8 Å². The molecule has 1 heterocycles. The van der Waals surface area contributed by atoms with Crippen molar-refractivity contribution in [3.05, 3.63) is 18.3 Å². The number of rotatable bonds is 2. The first-order chi connectivity index (χ1) is 5.61. The van der Waals surface area contributed by atoms with Crippen molar-refractivity contribution in [2.75, 3.05) is 0 Å². The fourth-order valence-electron chi connectivity index (χ4n) is 1.10. The Morgan fingerprint density at radius 1 is 1.00 bits per heavy atom. The van der Waals surface area contributed by atoms with Crippen LogP contribution >= 0.6 is 0 Å². The zero-order valence-electron chi connectivity index (χ0n) is 8.33. The molecule has 0 radical (unpaired) electrons. The van der Waals surface area contributed by atoms with Crippen molar-refractivity contribution in [3.63, 3.8) is 0 Å². The maximum Gasteiger partial charge on any atom is 0.194 e. The summed E-state index contributed by atoms with van der Waals surface area (Å²) < 4.78 is 0. The van der Waals surface area contributed by atoms with Crippen LogP contribution in [0.3, 0.4) is 0 Å². The molecule has 0 aliphatic heterocycles. The van der Waals surface area contributed by atoms with Crippen LogP contribution in [0.4, 0.5) is 0 Å². The molecule has 62 valence electrons. The Balaban J connectivity index is 2.86. The van der Waals surface area contributed by atoms with Gasteiger partial charge in [0.15, 0.2) is 13.4 Å². The monoisotopic (exact) mass is 159 g/mol. The minimum atomic E-state index is 0.534. The standard InChI is InChI=1S/C9H15B2N/c1-10(2)8-5-6-9(11(3)4)12-7-8/h5-7H,1-4H3. The van der Waals surface area contributed by atoms with Gasteiger partial charge < -0.3 is 0 Å². The second kappa shape index (κ2) is 3.79. The lowest BCUT2D eigenvalue weighted by molar-refractivity contribution is 1.39. The van der Waals surface area contributed by atoms with Gasteiger partial charge in [0.05, 0.1) is 0 Å². The molecule has 0 saturated carbocycles. The van der Waals surface area contributed by atoms with Crippen molar-refractivity contribution < 1.29 is 0 Å². The molecule has 0 spiro atoms. The Labute approximate surface area is 75.8 Å². The summed E-state index contributed by atoms with van der Waals surface area (Å²) in [5, 5.41) is 0. The van der Waals surface area contributed by atoms with Crippen LogP contribution in [0, 0.1) is 0 Å². The highest BCUT2D eigenvalue weighted by Crippen LogP contribution is 1.85. The maximum absolute atomic E-state index is 4.40. The Morgan fingerprint density at radius 2 is 1.67 bits per heavy atom. The van der Waals surface area contributed by atoms with Crippen molar-refractivity contribution in [1.82, 2.24) is 4.98 Å². The van der Waals surface area contributed by atoms with Crippen LogP contribution in [-0.2, 0) is 0 Å². The normalized spacial score (nSPS) is 9.67. The largest absolute Gasteiger partial charge is 0.272 e. The zero-order chi connectivity index (χ0) is 9.14. The third kappa shape index (κ3) is 2.13. The Kier molecular flexibility index (Phi) is 2.96. The molecule has 0 saturated heterocycles. The molecule has 0 fully saturated rings. The second-order valence-electron chi connectivity index (χ2n) is 3.83. The molecule has 1 nitrogen and oxygen atoms in total. The quantitative estimate of drug-likeness (QED) is 0.586. The first-order valence-corrected chi connectivity index (χ1v) is 4.57. The van der Waals surface area contributed by atoms with Crippen LogP contribution in [0.2, 0.25) is 27.3 Å². The van der Waals surface area contributed by atoms with E-state index in [0.717, 1.165) is 0 Å². The average molecular weight is 159 g/mol. The Bertz CT molecular complexity index is 214. The van der Waals surface area contributed by atoms with Gasteiger partial charge in [-0.15, -0.1) is 0 Å². The number of hydrogen-bond acceptors (Lipinski definition) is 1. The van der Waals surface area contributed by atoms with E-state index in [4.69, 9.17) is 0 Å². The van der Waals surface area contributed by atoms with Gasteiger partial charge >= 0.3 is 0 Å². The SMILES string of the molecule is CB(C)c1ccc(B(C)C)nc1. The summed E-state index contributed by atoms with van der Waals surface area (Å²) in [5.74, 6) is 0. The molecular weight excluding hydrogens is 144 g/mol. The number of pyridine rings is 1. The van der Waals surface area contributed by atoms with Gasteiger partial charge in [0.25, 0.3) is 0 Å². The van der Waals surface area contributed by atoms with Gasteiger partial charge in [-0.1, -0.05) is 44.9 Å². The van der Waals surface area contributed by atoms with Gasteiger partial charge in [0.2, 0.25) is 0 Å². The summed E-state index contributed by atoms with van der Waals surface area (Å²) in [4.78, 5) is 4.40. The lowest BCUT2D eigenvalue weighted by atomic mass is 9.48. The minimum Gasteiger partial charge on any atom is -0.272 e. The molecule has 0 unspecified atom stereocenters. The predicted molar refractivity (Wildman–Crippen MR) is 58.5 cm³/mol. The van der Waals surface area contributed by atoms with Crippen molar-refractivity contribution >= 4 is 24.5 Å². The highest BCUT2D eigenvalue weighted by Gasteiger charge is 2.06. The van der Waals surface area contributed by atoms with Crippen LogP contribution in [0.15, 0.2) is 18.3 Å². The lowest BCUT2D eigenvalue weighted by Crippen LogP contribution is -2.31. The molecule has 0 N–H and O–H groups in total. The topological polar surface area (TPSA) is 12.9 Å². The fraction of sp³-hybridized carbons (Fsp3) is 0.444. The summed E-state index contributed by atoms with van der Waals surface area (Å²) in [6, 6.07) is 4.30. The predicted octanol–water partition coefficient (Wildman–Crippen LogP) is 1.00. The molecule has 1 aromatic rings. The summed E-state index contributed by atoms with van der Waals surface area (Å²) in [7, 11) is 0. The number of aromatic nitrogens is 1. The second-order valence-corrected chi connectivity index (χ2v) is 3.83. The molecule has 0 atom stereocenters. The first-order valence-electron chi connectivity index (χ1n) is 4.57. The van der Waals surface area contributed by atoms with E-state index in [9.17, 15) is 0 Å². The summed E-state index contributed by atoms with van der Waals surface area (Å²) in [6.45, 7) is 9.82. The van der Waals surface area contributed by atoms with Crippen LogP contribution in [0.1, 0.15) is 0 Å². The summed E-state index contributed by atoms with van der Waals surface area (Å²) >= 11 is 0. The lowest BCUT2D eigenvalue weighted by Gasteiger charge is -2.04. The molecule has 1 aromatic heterocycles. The van der Waals surface area contributed by atoms with E-state index < -0.39 is 0 Å². The summed E-state index contributed by atoms with van der Waals surface area (Å²) in [6.07, 6.45) is 1.99. The molecule has 12 heavy (non-hydrogen) atoms. The van der Waals surface area contributed by atoms with Crippen LogP contribution in [0.5, 0.6) is 0 Å². The van der Waals surface area contributed by atoms with Crippen molar-refractivity contribution in [3.8, 4) is 0 Å². The molecule has 1 rings (SSSR count). The fourth-order valence-corrected chi connectivity index (χ4v) is 1.10. The van der Waals surface area contributed by atoms with Crippen LogP contribution < -0.4 is 11.1 Å². The molecule has 0 amide bonds. The Morgan fingerprint density at radius 3 is 2.00 bits per heavy atom. The average Bonchev–Trinajstić information content (AvgIpc) is 2.04. The Hall–Kier alpha value is -0.720. The first kappa shape index (κ1) is 9.37. The molecule has 0 aromatic carbocycles. The zero-order valence-corrected chi connectivity index (χ0v) is 8.33. The van der Waals surface area contributed by atoms with Crippen LogP contribution in [-0.4, -0.2) is 18.4 Å². The third-order valence-electron chi connectivity index (χ3n) is 2.07. The maximum atomic E-state index is 4.40. The van der Waals surface area contributed by atoms with Crippen molar-refractivity contribution in [2.45, 2.75) is 27.3 Å². The van der Waals surface area contributed by atoms with Gasteiger partial charge in [-0.2, -0.15) is 0 Å². The van der Waals surface area contributed by atoms with Gasteiger partial charge in [-0.05, 0) is 0 Å². The molecule has 0 bridgehead atoms. The summed E-state index contributed by atoms with van der Waals surface area (Å²) in [5.41, 5.74) is 2.50. The van der Waals surface area contributed by atoms with E-state index in [2.05, 4.69) is 44.4 Å². The van der Waals surface area contributed by atoms with Crippen molar-refractivity contribution in [1.29, 1.82) is 0 Å². The molecular formula is C9H15B2N. The van der Waals surface area contributed by atoms with Crippen molar-refractivity contribution in [2.24, 2.45) is 0 Å². The molecule has 0 aliphatic carbocycles. The molecule has 0 aliphatic rings. The minimum absolute atomic E-state index is 0.534. The highest BCUT2D eigenvalue weighted by molar-refractivity contribution is 6.71. The van der Waals surface area contributed by atoms with E-state index in [0.29, 0.717) is 13.4 Å². The van der Waals surface area contributed by atoms with E-state index in [1.54, 1.807) is 0 Å². The van der Waals surface area contributed by atoms with Gasteiger partial charge in [-0.25, -0.2) is 0 Å². The van der Waals surface area contributed by atoms with E-state index >= 15 is 0 Å². The molecule has 3 heteroatoms. The van der Waals surface area contributed by atoms with Crippen LogP contribution in [0.25, 0.3) is 0 Å². The van der Waals surface area contributed by atoms with Gasteiger partial charge in [-0.3, -0.25) is 4.98 Å². The van der Waals surface area contributed by atoms with E-state index in [1.807, 2.05) is 6.20 Å². The number of hydrogen-bond donors (Lipinski definition) is 0. The smallest absolute Gasteiger partial charge is 0.194 e. The van der Waals surface area contributed by atoms with Gasteiger partial charge in [0.1, 0.15) is 0 Å². The van der Waals surface area contributed by atoms with E-state index in [1.165, 1.54) is 11.1 Å². The highest BCUT2D eigenvalue weighted by atomic mass is 14.6.